The van der Waals surface area contributed by atoms with Gasteiger partial charge in [0.25, 0.3) is 0 Å². The van der Waals surface area contributed by atoms with Gasteiger partial charge in [-0.3, -0.25) is 0 Å². The molecule has 2 aromatic rings. The first-order valence-electron chi connectivity index (χ1n) is 5.44. The number of aryl methyl sites for hydroxylation is 1. The molecule has 0 fully saturated rings. The van der Waals surface area contributed by atoms with Crippen LogP contribution in [0, 0.1) is 13.8 Å². The van der Waals surface area contributed by atoms with Crippen molar-refractivity contribution in [1.29, 1.82) is 0 Å². The molecular formula is C13H15ClN2. The summed E-state index contributed by atoms with van der Waals surface area (Å²) in [5.41, 5.74) is 4.63. The maximum atomic E-state index is 5.99. The van der Waals surface area contributed by atoms with Gasteiger partial charge in [0.1, 0.15) is 0 Å². The Morgan fingerprint density at radius 3 is 2.62 bits per heavy atom. The van der Waals surface area contributed by atoms with E-state index in [4.69, 9.17) is 11.6 Å². The van der Waals surface area contributed by atoms with Crippen LogP contribution in [0.4, 0.5) is 0 Å². The third-order valence-electron chi connectivity index (χ3n) is 2.85. The van der Waals surface area contributed by atoms with Gasteiger partial charge in [0.2, 0.25) is 0 Å². The Morgan fingerprint density at radius 1 is 1.31 bits per heavy atom. The van der Waals surface area contributed by atoms with Crippen LogP contribution in [-0.2, 0) is 6.42 Å². The van der Waals surface area contributed by atoms with Crippen LogP contribution in [0.1, 0.15) is 23.9 Å². The largest absolute Gasteiger partial charge is 0.238 e. The van der Waals surface area contributed by atoms with E-state index in [1.165, 1.54) is 11.3 Å². The van der Waals surface area contributed by atoms with E-state index in [9.17, 15) is 0 Å². The first kappa shape index (κ1) is 11.2. The number of hydrogen-bond donors (Lipinski definition) is 0. The topological polar surface area (TPSA) is 17.8 Å². The zero-order chi connectivity index (χ0) is 11.7. The van der Waals surface area contributed by atoms with Gasteiger partial charge in [0, 0.05) is 10.7 Å². The lowest BCUT2D eigenvalue weighted by Crippen LogP contribution is -1.99. The van der Waals surface area contributed by atoms with E-state index < -0.39 is 0 Å². The van der Waals surface area contributed by atoms with Crippen molar-refractivity contribution >= 4 is 11.6 Å². The van der Waals surface area contributed by atoms with Crippen molar-refractivity contribution in [2.45, 2.75) is 27.2 Å². The van der Waals surface area contributed by atoms with E-state index >= 15 is 0 Å². The second kappa shape index (κ2) is 4.30. The standard InChI is InChI=1S/C13H15ClN2/c1-4-13-9(2)15-16(10(13)3)12-7-5-6-11(14)8-12/h5-8H,4H2,1-3H3. The number of benzene rings is 1. The zero-order valence-corrected chi connectivity index (χ0v) is 10.5. The third kappa shape index (κ3) is 1.85. The maximum absolute atomic E-state index is 5.99. The highest BCUT2D eigenvalue weighted by atomic mass is 35.5. The van der Waals surface area contributed by atoms with E-state index in [0.717, 1.165) is 22.8 Å². The van der Waals surface area contributed by atoms with Crippen molar-refractivity contribution in [3.8, 4) is 5.69 Å². The molecule has 0 unspecified atom stereocenters. The minimum Gasteiger partial charge on any atom is -0.238 e. The second-order valence-corrected chi connectivity index (χ2v) is 4.33. The minimum atomic E-state index is 0.739. The lowest BCUT2D eigenvalue weighted by atomic mass is 10.1. The van der Waals surface area contributed by atoms with Crippen LogP contribution < -0.4 is 0 Å². The fourth-order valence-corrected chi connectivity index (χ4v) is 2.23. The molecule has 0 aliphatic rings. The van der Waals surface area contributed by atoms with E-state index in [-0.39, 0.29) is 0 Å². The van der Waals surface area contributed by atoms with Gasteiger partial charge in [-0.1, -0.05) is 24.6 Å². The van der Waals surface area contributed by atoms with Crippen molar-refractivity contribution in [2.24, 2.45) is 0 Å². The van der Waals surface area contributed by atoms with Crippen LogP contribution >= 0.6 is 11.6 Å². The summed E-state index contributed by atoms with van der Waals surface area (Å²) in [6, 6.07) is 7.77. The first-order valence-corrected chi connectivity index (χ1v) is 5.82. The van der Waals surface area contributed by atoms with E-state index in [1.807, 2.05) is 35.9 Å². The van der Waals surface area contributed by atoms with Gasteiger partial charge in [-0.2, -0.15) is 5.10 Å². The van der Waals surface area contributed by atoms with Crippen molar-refractivity contribution in [2.75, 3.05) is 0 Å². The van der Waals surface area contributed by atoms with Crippen LogP contribution in [0.25, 0.3) is 5.69 Å². The molecular weight excluding hydrogens is 220 g/mol. The summed E-state index contributed by atoms with van der Waals surface area (Å²) in [7, 11) is 0. The Morgan fingerprint density at radius 2 is 2.06 bits per heavy atom. The summed E-state index contributed by atoms with van der Waals surface area (Å²) < 4.78 is 1.96. The zero-order valence-electron chi connectivity index (χ0n) is 9.79. The average Bonchev–Trinajstić information content (AvgIpc) is 2.54. The van der Waals surface area contributed by atoms with Gasteiger partial charge in [0.05, 0.1) is 11.4 Å². The molecule has 84 valence electrons. The molecule has 2 nitrogen and oxygen atoms in total. The minimum absolute atomic E-state index is 0.739. The fourth-order valence-electron chi connectivity index (χ4n) is 2.05. The Hall–Kier alpha value is -1.28. The van der Waals surface area contributed by atoms with Gasteiger partial charge in [-0.15, -0.1) is 0 Å². The van der Waals surface area contributed by atoms with E-state index in [1.54, 1.807) is 0 Å². The summed E-state index contributed by atoms with van der Waals surface area (Å²) in [6.07, 6.45) is 1.01. The third-order valence-corrected chi connectivity index (χ3v) is 3.08. The second-order valence-electron chi connectivity index (χ2n) is 3.89. The molecule has 0 spiro atoms. The molecule has 0 saturated heterocycles. The smallest absolute Gasteiger partial charge is 0.0663 e. The summed E-state index contributed by atoms with van der Waals surface area (Å²) in [4.78, 5) is 0. The normalized spacial score (nSPS) is 10.8. The summed E-state index contributed by atoms with van der Waals surface area (Å²) in [5, 5.41) is 5.29. The Kier molecular flexibility index (Phi) is 3.01. The Balaban J connectivity index is 2.56. The van der Waals surface area contributed by atoms with Gasteiger partial charge >= 0.3 is 0 Å². The SMILES string of the molecule is CCc1c(C)nn(-c2cccc(Cl)c2)c1C. The van der Waals surface area contributed by atoms with Crippen molar-refractivity contribution < 1.29 is 0 Å². The molecule has 0 aliphatic heterocycles. The molecule has 0 aliphatic carbocycles. The monoisotopic (exact) mass is 234 g/mol. The average molecular weight is 235 g/mol. The summed E-state index contributed by atoms with van der Waals surface area (Å²) in [6.45, 7) is 6.30. The van der Waals surface area contributed by atoms with Crippen LogP contribution in [0.2, 0.25) is 5.02 Å². The van der Waals surface area contributed by atoms with Gasteiger partial charge in [0.15, 0.2) is 0 Å². The number of hydrogen-bond acceptors (Lipinski definition) is 1. The molecule has 0 amide bonds. The molecule has 1 aromatic carbocycles. The highest BCUT2D eigenvalue weighted by Gasteiger charge is 2.10. The van der Waals surface area contributed by atoms with Gasteiger partial charge in [-0.25, -0.2) is 4.68 Å². The molecule has 0 bridgehead atoms. The molecule has 0 atom stereocenters. The van der Waals surface area contributed by atoms with Crippen LogP contribution in [0.5, 0.6) is 0 Å². The molecule has 1 aromatic heterocycles. The predicted molar refractivity (Wildman–Crippen MR) is 67.4 cm³/mol. The van der Waals surface area contributed by atoms with Crippen LogP contribution in [0.15, 0.2) is 24.3 Å². The van der Waals surface area contributed by atoms with Gasteiger partial charge < -0.3 is 0 Å². The van der Waals surface area contributed by atoms with E-state index in [0.29, 0.717) is 0 Å². The van der Waals surface area contributed by atoms with Crippen molar-refractivity contribution in [3.63, 3.8) is 0 Å². The summed E-state index contributed by atoms with van der Waals surface area (Å²) in [5.74, 6) is 0. The molecule has 1 heterocycles. The Labute approximate surface area is 101 Å². The van der Waals surface area contributed by atoms with Crippen molar-refractivity contribution in [1.82, 2.24) is 9.78 Å². The van der Waals surface area contributed by atoms with Crippen LogP contribution in [-0.4, -0.2) is 9.78 Å². The van der Waals surface area contributed by atoms with Crippen LogP contribution in [0.3, 0.4) is 0 Å². The molecule has 3 heteroatoms. The number of nitrogens with zero attached hydrogens (tertiary/aromatic N) is 2. The fraction of sp³-hybridized carbons (Fsp3) is 0.308. The summed E-state index contributed by atoms with van der Waals surface area (Å²) >= 11 is 5.99. The highest BCUT2D eigenvalue weighted by molar-refractivity contribution is 6.30. The lowest BCUT2D eigenvalue weighted by Gasteiger charge is -2.05. The number of rotatable bonds is 2. The molecule has 16 heavy (non-hydrogen) atoms. The first-order chi connectivity index (χ1) is 7.63. The molecule has 0 saturated carbocycles. The molecule has 0 radical (unpaired) electrons. The quantitative estimate of drug-likeness (QED) is 0.775. The molecule has 0 N–H and O–H groups in total. The molecule has 2 rings (SSSR count). The maximum Gasteiger partial charge on any atom is 0.0663 e. The number of aromatic nitrogens is 2. The lowest BCUT2D eigenvalue weighted by molar-refractivity contribution is 0.832. The predicted octanol–water partition coefficient (Wildman–Crippen LogP) is 3.70. The highest BCUT2D eigenvalue weighted by Crippen LogP contribution is 2.20. The van der Waals surface area contributed by atoms with E-state index in [2.05, 4.69) is 18.9 Å². The van der Waals surface area contributed by atoms with Gasteiger partial charge in [-0.05, 0) is 44.0 Å². The number of halogens is 1. The van der Waals surface area contributed by atoms with Crippen molar-refractivity contribution in [3.05, 3.63) is 46.2 Å². The Bertz CT molecular complexity index is 515.